The van der Waals surface area contributed by atoms with E-state index in [0.29, 0.717) is 16.8 Å². The van der Waals surface area contributed by atoms with E-state index < -0.39 is 36.1 Å². The molecule has 14 heteroatoms. The SMILES string of the molecule is O=C(NC(c1ccc[nH+]c1)C(F)(F)F)c1[nH]c(-c2ccc(F)cc2)c2cccc[n+]12.O=C([O-])C(F)(F)F. The zero-order valence-electron chi connectivity index (χ0n) is 18.3. The van der Waals surface area contributed by atoms with Gasteiger partial charge in [0.15, 0.2) is 29.6 Å². The highest BCUT2D eigenvalue weighted by molar-refractivity contribution is 5.91. The van der Waals surface area contributed by atoms with Gasteiger partial charge in [-0.1, -0.05) is 6.07 Å². The van der Waals surface area contributed by atoms with Crippen molar-refractivity contribution < 1.29 is 54.8 Å². The van der Waals surface area contributed by atoms with Crippen molar-refractivity contribution in [2.24, 2.45) is 0 Å². The number of amides is 1. The number of hydrogen-bond donors (Lipinski definition) is 2. The molecular weight excluding hydrogens is 513 g/mol. The minimum atomic E-state index is -5.19. The molecule has 3 aromatic heterocycles. The highest BCUT2D eigenvalue weighted by atomic mass is 19.4. The summed E-state index contributed by atoms with van der Waals surface area (Å²) >= 11 is 0. The maximum Gasteiger partial charge on any atom is 0.430 e. The molecule has 4 aromatic rings. The fraction of sp³-hybridized carbons (Fsp3) is 0.130. The number of halogens is 7. The second kappa shape index (κ2) is 10.6. The fourth-order valence-electron chi connectivity index (χ4n) is 3.23. The minimum Gasteiger partial charge on any atom is -0.542 e. The van der Waals surface area contributed by atoms with Gasteiger partial charge in [-0.25, -0.2) is 14.4 Å². The number of rotatable bonds is 4. The van der Waals surface area contributed by atoms with Crippen molar-refractivity contribution in [3.05, 3.63) is 90.4 Å². The van der Waals surface area contributed by atoms with Crippen LogP contribution in [0.2, 0.25) is 0 Å². The van der Waals surface area contributed by atoms with Crippen molar-refractivity contribution in [1.82, 2.24) is 10.3 Å². The van der Waals surface area contributed by atoms with Crippen LogP contribution in [0.5, 0.6) is 0 Å². The Morgan fingerprint density at radius 1 is 0.973 bits per heavy atom. The molecule has 1 atom stereocenters. The first-order chi connectivity index (χ1) is 17.3. The summed E-state index contributed by atoms with van der Waals surface area (Å²) in [5.41, 5.74) is 1.50. The van der Waals surface area contributed by atoms with E-state index in [9.17, 15) is 35.5 Å². The molecule has 0 aliphatic rings. The number of carboxylic acid groups (broad SMARTS) is 1. The molecular formula is C23H16F7N4O3+. The number of carbonyl (C=O) groups is 2. The molecule has 3 N–H and O–H groups in total. The summed E-state index contributed by atoms with van der Waals surface area (Å²) in [6.07, 6.45) is -5.67. The van der Waals surface area contributed by atoms with E-state index in [4.69, 9.17) is 9.90 Å². The molecule has 1 amide bonds. The molecule has 0 radical (unpaired) electrons. The Morgan fingerprint density at radius 3 is 2.16 bits per heavy atom. The van der Waals surface area contributed by atoms with Gasteiger partial charge in [0, 0.05) is 17.2 Å². The predicted molar refractivity (Wildman–Crippen MR) is 110 cm³/mol. The summed E-state index contributed by atoms with van der Waals surface area (Å²) < 4.78 is 87.2. The van der Waals surface area contributed by atoms with Gasteiger partial charge < -0.3 is 15.2 Å². The molecule has 37 heavy (non-hydrogen) atoms. The Bertz CT molecular complexity index is 1390. The van der Waals surface area contributed by atoms with Gasteiger partial charge in [0.25, 0.3) is 0 Å². The monoisotopic (exact) mass is 529 g/mol. The normalized spacial score (nSPS) is 12.4. The predicted octanol–water partition coefficient (Wildman–Crippen LogP) is 2.71. The van der Waals surface area contributed by atoms with Gasteiger partial charge in [-0.15, -0.1) is 0 Å². The average molecular weight is 529 g/mol. The Kier molecular flexibility index (Phi) is 7.79. The van der Waals surface area contributed by atoms with Crippen LogP contribution in [0.3, 0.4) is 0 Å². The van der Waals surface area contributed by atoms with Crippen LogP contribution >= 0.6 is 0 Å². The van der Waals surface area contributed by atoms with Crippen molar-refractivity contribution in [3.63, 3.8) is 0 Å². The zero-order chi connectivity index (χ0) is 27.4. The topological polar surface area (TPSA) is 103 Å². The van der Waals surface area contributed by atoms with Crippen LogP contribution in [-0.2, 0) is 4.79 Å². The first-order valence-corrected chi connectivity index (χ1v) is 10.2. The number of benzene rings is 1. The van der Waals surface area contributed by atoms with E-state index in [0.717, 1.165) is 0 Å². The molecule has 3 heterocycles. The lowest BCUT2D eigenvalue weighted by atomic mass is 10.1. The summed E-state index contributed by atoms with van der Waals surface area (Å²) in [5, 5.41) is 10.8. The van der Waals surface area contributed by atoms with Crippen molar-refractivity contribution >= 4 is 17.4 Å². The maximum absolute atomic E-state index is 13.6. The number of fused-ring (bicyclic) bond motifs is 1. The minimum absolute atomic E-state index is 0.0842. The number of H-pyrrole nitrogens is 2. The first-order valence-electron chi connectivity index (χ1n) is 10.2. The van der Waals surface area contributed by atoms with Crippen molar-refractivity contribution in [2.75, 3.05) is 0 Å². The van der Waals surface area contributed by atoms with E-state index in [-0.39, 0.29) is 11.4 Å². The second-order valence-corrected chi connectivity index (χ2v) is 7.38. The smallest absolute Gasteiger partial charge is 0.430 e. The van der Waals surface area contributed by atoms with Crippen LogP contribution in [0.4, 0.5) is 30.7 Å². The molecule has 0 aliphatic carbocycles. The third kappa shape index (κ3) is 6.59. The number of alkyl halides is 6. The standard InChI is InChI=1S/C21H14F4N4O.C2HF3O2/c22-15-8-6-13(7-9-15)17-16-5-1-2-11-29(16)19(27-17)20(30)28-18(21(23,24)25)14-4-3-10-26-12-14;3-2(4,5)1(6)7/h1-12,18H,(H,28,30);(H,6,7)/p+1. The van der Waals surface area contributed by atoms with Gasteiger partial charge in [0.2, 0.25) is 0 Å². The van der Waals surface area contributed by atoms with Crippen LogP contribution in [0.15, 0.2) is 73.2 Å². The summed E-state index contributed by atoms with van der Waals surface area (Å²) in [6, 6.07) is 11.2. The number of aromatic nitrogens is 3. The lowest BCUT2D eigenvalue weighted by Crippen LogP contribution is -2.42. The Hall–Kier alpha value is -4.49. The number of hydrogen-bond acceptors (Lipinski definition) is 3. The third-order valence-corrected chi connectivity index (χ3v) is 4.85. The Morgan fingerprint density at radius 2 is 1.62 bits per heavy atom. The summed E-state index contributed by atoms with van der Waals surface area (Å²) in [6.45, 7) is 0. The molecule has 1 unspecified atom stereocenters. The van der Waals surface area contributed by atoms with Crippen LogP contribution in [-0.4, -0.2) is 29.2 Å². The van der Waals surface area contributed by atoms with E-state index in [1.165, 1.54) is 53.2 Å². The van der Waals surface area contributed by atoms with E-state index >= 15 is 0 Å². The second-order valence-electron chi connectivity index (χ2n) is 7.38. The molecule has 1 aromatic carbocycles. The third-order valence-electron chi connectivity index (χ3n) is 4.85. The van der Waals surface area contributed by atoms with Crippen molar-refractivity contribution in [1.29, 1.82) is 0 Å². The summed E-state index contributed by atoms with van der Waals surface area (Å²) in [5.74, 6) is -4.45. The molecule has 194 valence electrons. The molecule has 0 spiro atoms. The maximum atomic E-state index is 13.6. The molecule has 0 fully saturated rings. The summed E-state index contributed by atoms with van der Waals surface area (Å²) in [4.78, 5) is 27.1. The number of imidazole rings is 1. The number of nitrogens with zero attached hydrogens (tertiary/aromatic N) is 1. The van der Waals surface area contributed by atoms with Crippen molar-refractivity contribution in [3.8, 4) is 11.3 Å². The van der Waals surface area contributed by atoms with Crippen LogP contribution in [0.25, 0.3) is 16.8 Å². The van der Waals surface area contributed by atoms with Gasteiger partial charge >= 0.3 is 24.1 Å². The molecule has 0 aliphatic heterocycles. The first kappa shape index (κ1) is 27.1. The number of pyridine rings is 2. The van der Waals surface area contributed by atoms with Gasteiger partial charge in [-0.05, 0) is 42.5 Å². The van der Waals surface area contributed by atoms with Crippen LogP contribution in [0, 0.1) is 5.82 Å². The molecule has 0 saturated carbocycles. The number of nitrogens with one attached hydrogen (secondary N) is 3. The van der Waals surface area contributed by atoms with E-state index in [1.807, 2.05) is 0 Å². The van der Waals surface area contributed by atoms with Gasteiger partial charge in [-0.2, -0.15) is 30.7 Å². The van der Waals surface area contributed by atoms with Gasteiger partial charge in [0.05, 0.1) is 6.20 Å². The Balaban J connectivity index is 0.000000479. The molecule has 4 rings (SSSR count). The van der Waals surface area contributed by atoms with Crippen LogP contribution in [0.1, 0.15) is 22.2 Å². The number of aromatic amines is 2. The largest absolute Gasteiger partial charge is 0.542 e. The van der Waals surface area contributed by atoms with Gasteiger partial charge in [-0.3, -0.25) is 4.79 Å². The van der Waals surface area contributed by atoms with Crippen molar-refractivity contribution in [2.45, 2.75) is 18.4 Å². The average Bonchev–Trinajstić information content (AvgIpc) is 3.22. The van der Waals surface area contributed by atoms with E-state index in [2.05, 4.69) is 15.3 Å². The number of carbonyl (C=O) groups excluding carboxylic acids is 2. The fourth-order valence-corrected chi connectivity index (χ4v) is 3.23. The van der Waals surface area contributed by atoms with Crippen LogP contribution < -0.4 is 19.8 Å². The Labute approximate surface area is 203 Å². The molecule has 0 bridgehead atoms. The lowest BCUT2D eigenvalue weighted by molar-refractivity contribution is -0.514. The molecule has 7 nitrogen and oxygen atoms in total. The summed E-state index contributed by atoms with van der Waals surface area (Å²) in [7, 11) is 0. The quantitative estimate of drug-likeness (QED) is 0.314. The number of carboxylic acids is 1. The lowest BCUT2D eigenvalue weighted by Gasteiger charge is -2.19. The highest BCUT2D eigenvalue weighted by Gasteiger charge is 2.44. The van der Waals surface area contributed by atoms with Gasteiger partial charge in [0.1, 0.15) is 11.8 Å². The molecule has 0 saturated heterocycles. The number of aliphatic carboxylic acids is 1. The zero-order valence-corrected chi connectivity index (χ0v) is 18.3. The highest BCUT2D eigenvalue weighted by Crippen LogP contribution is 2.32. The van der Waals surface area contributed by atoms with E-state index in [1.54, 1.807) is 24.4 Å².